The molecule has 1 aromatic rings. The number of nitrogens with zero attached hydrogens (tertiary/aromatic N) is 3. The Morgan fingerprint density at radius 2 is 2.30 bits per heavy atom. The molecule has 1 heterocycles. The first-order valence-electron chi connectivity index (χ1n) is 2.38. The summed E-state index contributed by atoms with van der Waals surface area (Å²) in [6.45, 7) is 0. The second-order valence-corrected chi connectivity index (χ2v) is 3.17. The SMILES string of the molecule is Cn1ncnc1S(N)(=O)=O. The molecule has 1 rings (SSSR count). The molecule has 0 radical (unpaired) electrons. The highest BCUT2D eigenvalue weighted by Crippen LogP contribution is 1.96. The molecule has 0 amide bonds. The maximum absolute atomic E-state index is 10.6. The van der Waals surface area contributed by atoms with E-state index in [9.17, 15) is 8.42 Å². The highest BCUT2D eigenvalue weighted by atomic mass is 32.2. The van der Waals surface area contributed by atoms with Gasteiger partial charge in [-0.2, -0.15) is 5.10 Å². The van der Waals surface area contributed by atoms with Crippen LogP contribution in [0.4, 0.5) is 0 Å². The summed E-state index contributed by atoms with van der Waals surface area (Å²) in [4.78, 5) is 3.43. The number of hydrogen-bond donors (Lipinski definition) is 1. The molecule has 0 aliphatic heterocycles. The number of rotatable bonds is 1. The van der Waals surface area contributed by atoms with Gasteiger partial charge in [0.25, 0.3) is 15.2 Å². The van der Waals surface area contributed by atoms with Crippen LogP contribution in [0.1, 0.15) is 0 Å². The molecule has 6 nitrogen and oxygen atoms in total. The molecule has 0 atom stereocenters. The van der Waals surface area contributed by atoms with Gasteiger partial charge in [-0.15, -0.1) is 0 Å². The summed E-state index contributed by atoms with van der Waals surface area (Å²) >= 11 is 0. The van der Waals surface area contributed by atoms with Crippen LogP contribution in [0.2, 0.25) is 0 Å². The molecule has 1 aromatic heterocycles. The molecular formula is C3H6N4O2S. The third-order valence-electron chi connectivity index (χ3n) is 0.924. The zero-order valence-corrected chi connectivity index (χ0v) is 6.04. The van der Waals surface area contributed by atoms with Crippen LogP contribution in [-0.2, 0) is 17.1 Å². The lowest BCUT2D eigenvalue weighted by atomic mass is 11.2. The third kappa shape index (κ3) is 1.14. The average molecular weight is 162 g/mol. The molecular weight excluding hydrogens is 156 g/mol. The zero-order valence-electron chi connectivity index (χ0n) is 5.22. The van der Waals surface area contributed by atoms with E-state index in [0.717, 1.165) is 11.0 Å². The van der Waals surface area contributed by atoms with E-state index in [0.29, 0.717) is 0 Å². The lowest BCUT2D eigenvalue weighted by molar-refractivity contribution is 0.571. The van der Waals surface area contributed by atoms with Gasteiger partial charge in [-0.05, 0) is 0 Å². The Labute approximate surface area is 57.7 Å². The van der Waals surface area contributed by atoms with Gasteiger partial charge < -0.3 is 0 Å². The van der Waals surface area contributed by atoms with E-state index >= 15 is 0 Å². The Hall–Kier alpha value is -0.950. The smallest absolute Gasteiger partial charge is 0.239 e. The van der Waals surface area contributed by atoms with E-state index in [1.165, 1.54) is 7.05 Å². The molecule has 56 valence electrons. The second kappa shape index (κ2) is 2.03. The highest BCUT2D eigenvalue weighted by molar-refractivity contribution is 7.89. The first-order valence-corrected chi connectivity index (χ1v) is 3.93. The van der Waals surface area contributed by atoms with Gasteiger partial charge in [0, 0.05) is 7.05 Å². The summed E-state index contributed by atoms with van der Waals surface area (Å²) in [5.41, 5.74) is 0. The van der Waals surface area contributed by atoms with Crippen LogP contribution >= 0.6 is 0 Å². The van der Waals surface area contributed by atoms with Crippen LogP contribution in [0.25, 0.3) is 0 Å². The van der Waals surface area contributed by atoms with Crippen molar-refractivity contribution in [2.75, 3.05) is 0 Å². The molecule has 0 spiro atoms. The monoisotopic (exact) mass is 162 g/mol. The van der Waals surface area contributed by atoms with Crippen LogP contribution in [-0.4, -0.2) is 23.2 Å². The summed E-state index contributed by atoms with van der Waals surface area (Å²) in [5.74, 6) is 0. The van der Waals surface area contributed by atoms with E-state index in [1.807, 2.05) is 0 Å². The number of sulfonamides is 1. The van der Waals surface area contributed by atoms with Crippen LogP contribution in [0.15, 0.2) is 11.5 Å². The van der Waals surface area contributed by atoms with Crippen molar-refractivity contribution < 1.29 is 8.42 Å². The van der Waals surface area contributed by atoms with E-state index in [-0.39, 0.29) is 5.16 Å². The van der Waals surface area contributed by atoms with E-state index < -0.39 is 10.0 Å². The van der Waals surface area contributed by atoms with Gasteiger partial charge in [0.1, 0.15) is 6.33 Å². The Morgan fingerprint density at radius 3 is 2.50 bits per heavy atom. The topological polar surface area (TPSA) is 90.9 Å². The number of hydrogen-bond acceptors (Lipinski definition) is 4. The van der Waals surface area contributed by atoms with Crippen molar-refractivity contribution in [3.8, 4) is 0 Å². The van der Waals surface area contributed by atoms with Crippen LogP contribution in [0, 0.1) is 0 Å². The van der Waals surface area contributed by atoms with Crippen molar-refractivity contribution in [2.45, 2.75) is 5.16 Å². The molecule has 0 bridgehead atoms. The number of nitrogens with two attached hydrogens (primary N) is 1. The Bertz CT molecular complexity index is 326. The third-order valence-corrected chi connectivity index (χ3v) is 1.80. The molecule has 0 saturated heterocycles. The fraction of sp³-hybridized carbons (Fsp3) is 0.333. The highest BCUT2D eigenvalue weighted by Gasteiger charge is 2.12. The second-order valence-electron chi connectivity index (χ2n) is 1.71. The van der Waals surface area contributed by atoms with E-state index in [1.54, 1.807) is 0 Å². The Morgan fingerprint density at radius 1 is 1.70 bits per heavy atom. The summed E-state index contributed by atoms with van der Waals surface area (Å²) in [6, 6.07) is 0. The van der Waals surface area contributed by atoms with Crippen molar-refractivity contribution in [3.05, 3.63) is 6.33 Å². The van der Waals surface area contributed by atoms with Crippen molar-refractivity contribution in [2.24, 2.45) is 12.2 Å². The number of aromatic nitrogens is 3. The maximum atomic E-state index is 10.6. The van der Waals surface area contributed by atoms with E-state index in [4.69, 9.17) is 5.14 Å². The summed E-state index contributed by atoms with van der Waals surface area (Å²) in [7, 11) is -2.25. The summed E-state index contributed by atoms with van der Waals surface area (Å²) in [6.07, 6.45) is 1.12. The van der Waals surface area contributed by atoms with Crippen molar-refractivity contribution in [1.29, 1.82) is 0 Å². The Kier molecular flexibility index (Phi) is 1.45. The standard InChI is InChI=1S/C3H6N4O2S/c1-7-3(5-2-6-7)10(4,8)9/h2H,1H3,(H2,4,8,9). The molecule has 10 heavy (non-hydrogen) atoms. The van der Waals surface area contributed by atoms with Crippen LogP contribution < -0.4 is 5.14 Å². The molecule has 0 aliphatic rings. The summed E-state index contributed by atoms with van der Waals surface area (Å²) in [5, 5.41) is 8.05. The minimum absolute atomic E-state index is 0.229. The molecule has 0 fully saturated rings. The van der Waals surface area contributed by atoms with Gasteiger partial charge >= 0.3 is 0 Å². The first-order chi connectivity index (χ1) is 4.52. The molecule has 0 aliphatic carbocycles. The zero-order chi connectivity index (χ0) is 7.78. The lowest BCUT2D eigenvalue weighted by Gasteiger charge is -1.93. The molecule has 0 aromatic carbocycles. The fourth-order valence-electron chi connectivity index (χ4n) is 0.543. The van der Waals surface area contributed by atoms with E-state index in [2.05, 4.69) is 10.1 Å². The lowest BCUT2D eigenvalue weighted by Crippen LogP contribution is -2.17. The normalized spacial score (nSPS) is 11.8. The van der Waals surface area contributed by atoms with Crippen molar-refractivity contribution >= 4 is 10.0 Å². The maximum Gasteiger partial charge on any atom is 0.273 e. The van der Waals surface area contributed by atoms with Crippen molar-refractivity contribution in [1.82, 2.24) is 14.8 Å². The molecule has 7 heteroatoms. The molecule has 2 N–H and O–H groups in total. The van der Waals surface area contributed by atoms with Gasteiger partial charge in [0.15, 0.2) is 0 Å². The minimum atomic E-state index is -3.70. The summed E-state index contributed by atoms with van der Waals surface area (Å²) < 4.78 is 22.2. The largest absolute Gasteiger partial charge is 0.273 e. The molecule has 0 unspecified atom stereocenters. The minimum Gasteiger partial charge on any atom is -0.239 e. The molecule has 0 saturated carbocycles. The predicted molar refractivity (Wildman–Crippen MR) is 32.4 cm³/mol. The predicted octanol–water partition coefficient (Wildman–Crippen LogP) is -1.54. The first kappa shape index (κ1) is 7.16. The van der Waals surface area contributed by atoms with Crippen LogP contribution in [0.5, 0.6) is 0 Å². The van der Waals surface area contributed by atoms with Crippen molar-refractivity contribution in [3.63, 3.8) is 0 Å². The van der Waals surface area contributed by atoms with Gasteiger partial charge in [-0.3, -0.25) is 0 Å². The fourth-order valence-corrected chi connectivity index (χ4v) is 1.15. The van der Waals surface area contributed by atoms with Gasteiger partial charge in [0.05, 0.1) is 0 Å². The van der Waals surface area contributed by atoms with Crippen LogP contribution in [0.3, 0.4) is 0 Å². The quantitative estimate of drug-likeness (QED) is 0.542. The van der Waals surface area contributed by atoms with Gasteiger partial charge in [0.2, 0.25) is 0 Å². The van der Waals surface area contributed by atoms with Gasteiger partial charge in [-0.1, -0.05) is 0 Å². The Balaban J connectivity index is 3.32. The number of aryl methyl sites for hydroxylation is 1. The number of primary sulfonamides is 1. The van der Waals surface area contributed by atoms with Gasteiger partial charge in [-0.25, -0.2) is 23.2 Å². The average Bonchev–Trinajstić information content (AvgIpc) is 2.11.